The summed E-state index contributed by atoms with van der Waals surface area (Å²) in [6.07, 6.45) is 7.48. The van der Waals surface area contributed by atoms with Crippen LogP contribution in [0.4, 0.5) is 9.93 Å². The van der Waals surface area contributed by atoms with Crippen LogP contribution in [0.1, 0.15) is 12.8 Å². The van der Waals surface area contributed by atoms with Crippen molar-refractivity contribution in [1.29, 1.82) is 0 Å². The van der Waals surface area contributed by atoms with E-state index in [1.54, 1.807) is 24.2 Å². The third-order valence-corrected chi connectivity index (χ3v) is 6.72. The summed E-state index contributed by atoms with van der Waals surface area (Å²) >= 11 is 1.42. The van der Waals surface area contributed by atoms with E-state index in [1.807, 2.05) is 18.1 Å². The number of nitrogens with zero attached hydrogens (tertiary/aromatic N) is 5. The number of fused-ring (bicyclic) bond motifs is 1. The number of thiazole rings is 1. The lowest BCUT2D eigenvalue weighted by atomic mass is 9.87. The van der Waals surface area contributed by atoms with E-state index in [9.17, 15) is 4.79 Å². The van der Waals surface area contributed by atoms with Gasteiger partial charge in [-0.15, -0.1) is 0 Å². The number of urea groups is 1. The van der Waals surface area contributed by atoms with Crippen LogP contribution in [0.25, 0.3) is 21.3 Å². The van der Waals surface area contributed by atoms with E-state index in [0.717, 1.165) is 55.0 Å². The van der Waals surface area contributed by atoms with E-state index in [0.29, 0.717) is 16.5 Å². The summed E-state index contributed by atoms with van der Waals surface area (Å²) in [7, 11) is 3.44. The van der Waals surface area contributed by atoms with Crippen molar-refractivity contribution in [2.75, 3.05) is 38.7 Å². The van der Waals surface area contributed by atoms with Crippen molar-refractivity contribution in [2.45, 2.75) is 12.8 Å². The van der Waals surface area contributed by atoms with Crippen LogP contribution in [0.5, 0.6) is 5.88 Å². The molecular formula is C19H22N6O3S. The number of hydrogen-bond acceptors (Lipinski definition) is 7. The third kappa shape index (κ3) is 3.22. The Balaban J connectivity index is 1.43. The van der Waals surface area contributed by atoms with Gasteiger partial charge in [0, 0.05) is 55.7 Å². The zero-order valence-corrected chi connectivity index (χ0v) is 17.2. The number of carbonyl (C=O) groups is 1. The summed E-state index contributed by atoms with van der Waals surface area (Å²) < 4.78 is 13.6. The first-order chi connectivity index (χ1) is 14.1. The van der Waals surface area contributed by atoms with Gasteiger partial charge in [-0.2, -0.15) is 5.10 Å². The minimum atomic E-state index is -0.123. The van der Waals surface area contributed by atoms with Gasteiger partial charge in [-0.1, -0.05) is 11.3 Å². The first-order valence-corrected chi connectivity index (χ1v) is 10.3. The second-order valence-corrected chi connectivity index (χ2v) is 8.68. The molecule has 5 heterocycles. The summed E-state index contributed by atoms with van der Waals surface area (Å²) in [5, 5.41) is 7.74. The number of anilines is 1. The molecule has 2 amide bonds. The van der Waals surface area contributed by atoms with Gasteiger partial charge >= 0.3 is 6.03 Å². The zero-order valence-electron chi connectivity index (χ0n) is 16.3. The molecule has 0 aliphatic carbocycles. The Labute approximate surface area is 171 Å². The lowest BCUT2D eigenvalue weighted by Crippen LogP contribution is -2.35. The van der Waals surface area contributed by atoms with Crippen molar-refractivity contribution in [3.63, 3.8) is 0 Å². The fourth-order valence-corrected chi connectivity index (χ4v) is 5.09. The molecule has 2 saturated heterocycles. The largest absolute Gasteiger partial charge is 0.479 e. The molecule has 1 atom stereocenters. The van der Waals surface area contributed by atoms with Crippen LogP contribution in [0.2, 0.25) is 0 Å². The molecule has 2 fully saturated rings. The molecule has 0 saturated carbocycles. The molecule has 3 aromatic rings. The zero-order chi connectivity index (χ0) is 20.0. The number of aromatic nitrogens is 4. The van der Waals surface area contributed by atoms with E-state index >= 15 is 0 Å². The molecule has 0 unspecified atom stereocenters. The van der Waals surface area contributed by atoms with Crippen LogP contribution in [0.3, 0.4) is 0 Å². The summed E-state index contributed by atoms with van der Waals surface area (Å²) in [5.74, 6) is 0.438. The van der Waals surface area contributed by atoms with Crippen LogP contribution in [0.15, 0.2) is 18.6 Å². The van der Waals surface area contributed by atoms with E-state index in [4.69, 9.17) is 9.47 Å². The fraction of sp³-hybridized carbons (Fsp3) is 0.474. The van der Waals surface area contributed by atoms with Crippen molar-refractivity contribution in [3.05, 3.63) is 18.6 Å². The molecule has 5 rings (SSSR count). The van der Waals surface area contributed by atoms with E-state index in [1.165, 1.54) is 11.3 Å². The Morgan fingerprint density at radius 1 is 1.38 bits per heavy atom. The summed E-state index contributed by atoms with van der Waals surface area (Å²) in [4.78, 5) is 23.7. The summed E-state index contributed by atoms with van der Waals surface area (Å²) in [6, 6.07) is -0.123. The third-order valence-electron chi connectivity index (χ3n) is 5.72. The maximum atomic E-state index is 12.8. The summed E-state index contributed by atoms with van der Waals surface area (Å²) in [5.41, 5.74) is 2.62. The minimum Gasteiger partial charge on any atom is -0.479 e. The molecule has 1 spiro atoms. The van der Waals surface area contributed by atoms with Gasteiger partial charge in [-0.05, 0) is 12.8 Å². The maximum Gasteiger partial charge on any atom is 0.323 e. The highest BCUT2D eigenvalue weighted by Crippen LogP contribution is 2.40. The van der Waals surface area contributed by atoms with Gasteiger partial charge in [0.05, 0.1) is 24.6 Å². The summed E-state index contributed by atoms with van der Waals surface area (Å²) in [6.45, 7) is 3.01. The molecule has 0 radical (unpaired) electrons. The van der Waals surface area contributed by atoms with Gasteiger partial charge < -0.3 is 14.4 Å². The Kier molecular flexibility index (Phi) is 4.39. The number of rotatable bonds is 3. The number of amides is 2. The lowest BCUT2D eigenvalue weighted by Gasteiger charge is -2.21. The van der Waals surface area contributed by atoms with Crippen molar-refractivity contribution in [3.8, 4) is 17.0 Å². The van der Waals surface area contributed by atoms with Crippen LogP contribution >= 0.6 is 11.3 Å². The smallest absolute Gasteiger partial charge is 0.323 e. The average Bonchev–Trinajstić information content (AvgIpc) is 3.49. The second-order valence-electron chi connectivity index (χ2n) is 7.68. The standard InChI is InChI=1S/C19H22N6O3S/c1-24-9-12(7-21-24)13-8-20-16(27-2)14-15(13)29-17(22-14)23-18(26)25-5-3-19(10-25)4-6-28-11-19/h7-9H,3-6,10-11H2,1-2H3,(H,22,23,26)/t19-/m1/s1. The highest BCUT2D eigenvalue weighted by molar-refractivity contribution is 7.23. The Morgan fingerprint density at radius 2 is 2.28 bits per heavy atom. The second kappa shape index (κ2) is 6.96. The number of methoxy groups -OCH3 is 1. The molecule has 2 aliphatic heterocycles. The Morgan fingerprint density at radius 3 is 3.00 bits per heavy atom. The lowest BCUT2D eigenvalue weighted by molar-refractivity contribution is 0.154. The van der Waals surface area contributed by atoms with Crippen molar-refractivity contribution >= 4 is 32.7 Å². The van der Waals surface area contributed by atoms with E-state index in [2.05, 4.69) is 20.4 Å². The molecule has 0 bridgehead atoms. The number of likely N-dealkylation sites (tertiary alicyclic amines) is 1. The number of ether oxygens (including phenoxy) is 2. The number of nitrogens with one attached hydrogen (secondary N) is 1. The normalized spacial score (nSPS) is 21.4. The van der Waals surface area contributed by atoms with E-state index in [-0.39, 0.29) is 11.4 Å². The van der Waals surface area contributed by atoms with Crippen LogP contribution in [0, 0.1) is 5.41 Å². The number of carbonyl (C=O) groups excluding carboxylic acids is 1. The predicted octanol–water partition coefficient (Wildman–Crippen LogP) is 2.74. The molecule has 2 aliphatic rings. The molecule has 1 N–H and O–H groups in total. The number of aryl methyl sites for hydroxylation is 1. The first kappa shape index (κ1) is 18.3. The molecule has 9 nitrogen and oxygen atoms in total. The van der Waals surface area contributed by atoms with Crippen molar-refractivity contribution in [1.82, 2.24) is 24.6 Å². The molecule has 3 aromatic heterocycles. The quantitative estimate of drug-likeness (QED) is 0.708. The first-order valence-electron chi connectivity index (χ1n) is 9.53. The Bertz CT molecular complexity index is 1070. The maximum absolute atomic E-state index is 12.8. The molecular weight excluding hydrogens is 392 g/mol. The highest BCUT2D eigenvalue weighted by atomic mass is 32.1. The van der Waals surface area contributed by atoms with Gasteiger partial charge in [-0.3, -0.25) is 10.00 Å². The molecule has 10 heteroatoms. The molecule has 29 heavy (non-hydrogen) atoms. The van der Waals surface area contributed by atoms with Gasteiger partial charge in [0.25, 0.3) is 0 Å². The van der Waals surface area contributed by atoms with Crippen LogP contribution in [-0.2, 0) is 11.8 Å². The van der Waals surface area contributed by atoms with Crippen molar-refractivity contribution in [2.24, 2.45) is 12.5 Å². The van der Waals surface area contributed by atoms with Crippen LogP contribution in [-0.4, -0.2) is 64.1 Å². The van der Waals surface area contributed by atoms with E-state index < -0.39 is 0 Å². The van der Waals surface area contributed by atoms with Gasteiger partial charge in [-0.25, -0.2) is 14.8 Å². The topological polar surface area (TPSA) is 94.4 Å². The SMILES string of the molecule is COc1ncc(-c2cnn(C)c2)c2sc(NC(=O)N3CC[C@@]4(CCOC4)C3)nc12. The monoisotopic (exact) mass is 414 g/mol. The predicted molar refractivity (Wildman–Crippen MR) is 109 cm³/mol. The minimum absolute atomic E-state index is 0.123. The number of pyridine rings is 1. The average molecular weight is 414 g/mol. The molecule has 152 valence electrons. The van der Waals surface area contributed by atoms with Gasteiger partial charge in [0.2, 0.25) is 5.88 Å². The van der Waals surface area contributed by atoms with Gasteiger partial charge in [0.1, 0.15) is 5.52 Å². The Hall–Kier alpha value is -2.72. The van der Waals surface area contributed by atoms with Crippen LogP contribution < -0.4 is 10.1 Å². The number of hydrogen-bond donors (Lipinski definition) is 1. The van der Waals surface area contributed by atoms with Gasteiger partial charge in [0.15, 0.2) is 5.13 Å². The highest BCUT2D eigenvalue weighted by Gasteiger charge is 2.42. The fourth-order valence-electron chi connectivity index (χ4n) is 4.11. The van der Waals surface area contributed by atoms with Crippen molar-refractivity contribution < 1.29 is 14.3 Å². The molecule has 0 aromatic carbocycles.